The molecule has 0 heterocycles. The molecule has 1 atom stereocenters. The van der Waals surface area contributed by atoms with E-state index in [9.17, 15) is 13.6 Å². The van der Waals surface area contributed by atoms with Gasteiger partial charge in [-0.05, 0) is 31.5 Å². The minimum absolute atomic E-state index is 0.294. The summed E-state index contributed by atoms with van der Waals surface area (Å²) in [5.41, 5.74) is 5.60. The van der Waals surface area contributed by atoms with E-state index in [1.54, 1.807) is 6.92 Å². The third-order valence-electron chi connectivity index (χ3n) is 2.18. The van der Waals surface area contributed by atoms with Crippen LogP contribution in [0.25, 0.3) is 0 Å². The minimum atomic E-state index is -0.880. The number of rotatable bonds is 6. The molecule has 0 saturated heterocycles. The average Bonchev–Trinajstić information content (AvgIpc) is 2.34. The van der Waals surface area contributed by atoms with Crippen molar-refractivity contribution in [1.29, 1.82) is 0 Å². The Hall–Kier alpha value is -1.14. The van der Waals surface area contributed by atoms with E-state index >= 15 is 0 Å². The number of halogens is 2. The van der Waals surface area contributed by atoms with Gasteiger partial charge >= 0.3 is 5.97 Å². The molecule has 0 spiro atoms. The summed E-state index contributed by atoms with van der Waals surface area (Å²) < 4.78 is 30.3. The first-order valence-corrected chi connectivity index (χ1v) is 6.53. The molecular weight excluding hydrogens is 260 g/mol. The summed E-state index contributed by atoms with van der Waals surface area (Å²) in [7, 11) is 0. The molecule has 0 aliphatic carbocycles. The van der Waals surface area contributed by atoms with Crippen molar-refractivity contribution in [3.8, 4) is 0 Å². The van der Waals surface area contributed by atoms with Crippen LogP contribution in [0.15, 0.2) is 23.1 Å². The second-order valence-corrected chi connectivity index (χ2v) is 4.74. The third kappa shape index (κ3) is 4.62. The number of hydrogen-bond acceptors (Lipinski definition) is 4. The zero-order valence-electron chi connectivity index (χ0n) is 9.99. The lowest BCUT2D eigenvalue weighted by molar-refractivity contribution is -0.144. The summed E-state index contributed by atoms with van der Waals surface area (Å²) in [6.07, 6.45) is 0.419. The maximum Gasteiger partial charge on any atom is 0.322 e. The van der Waals surface area contributed by atoms with Crippen LogP contribution in [0.5, 0.6) is 0 Å². The number of carbonyl (C=O) groups excluding carboxylic acids is 1. The molecule has 0 saturated carbocycles. The molecular formula is C12H15F2NO2S. The van der Waals surface area contributed by atoms with Gasteiger partial charge in [0.25, 0.3) is 0 Å². The smallest absolute Gasteiger partial charge is 0.322 e. The van der Waals surface area contributed by atoms with E-state index in [2.05, 4.69) is 0 Å². The summed E-state index contributed by atoms with van der Waals surface area (Å²) in [4.78, 5) is 11.8. The van der Waals surface area contributed by atoms with E-state index in [-0.39, 0.29) is 0 Å². The molecule has 100 valence electrons. The third-order valence-corrected chi connectivity index (χ3v) is 3.21. The second-order valence-electron chi connectivity index (χ2n) is 3.57. The van der Waals surface area contributed by atoms with Gasteiger partial charge in [-0.15, -0.1) is 11.8 Å². The Labute approximate surface area is 109 Å². The first-order valence-electron chi connectivity index (χ1n) is 5.54. The Balaban J connectivity index is 2.37. The number of benzene rings is 1. The maximum atomic E-state index is 12.9. The molecule has 1 aromatic rings. The Morgan fingerprint density at radius 3 is 2.78 bits per heavy atom. The van der Waals surface area contributed by atoms with Crippen molar-refractivity contribution >= 4 is 17.7 Å². The lowest BCUT2D eigenvalue weighted by atomic mass is 10.2. The highest BCUT2D eigenvalue weighted by molar-refractivity contribution is 7.99. The van der Waals surface area contributed by atoms with Gasteiger partial charge in [0, 0.05) is 10.6 Å². The molecule has 0 bridgehead atoms. The lowest BCUT2D eigenvalue weighted by Gasteiger charge is -2.09. The van der Waals surface area contributed by atoms with Crippen LogP contribution in [-0.4, -0.2) is 24.4 Å². The van der Waals surface area contributed by atoms with E-state index in [1.807, 2.05) is 0 Å². The van der Waals surface area contributed by atoms with Crippen molar-refractivity contribution in [2.24, 2.45) is 5.73 Å². The number of esters is 1. The molecule has 2 N–H and O–H groups in total. The molecule has 1 rings (SSSR count). The van der Waals surface area contributed by atoms with Crippen molar-refractivity contribution in [3.63, 3.8) is 0 Å². The van der Waals surface area contributed by atoms with Gasteiger partial charge in [-0.2, -0.15) is 0 Å². The van der Waals surface area contributed by atoms with Gasteiger partial charge in [0.1, 0.15) is 6.04 Å². The van der Waals surface area contributed by atoms with Crippen molar-refractivity contribution in [2.45, 2.75) is 24.3 Å². The molecule has 0 aromatic heterocycles. The van der Waals surface area contributed by atoms with Crippen LogP contribution in [0.2, 0.25) is 0 Å². The van der Waals surface area contributed by atoms with Crippen molar-refractivity contribution in [3.05, 3.63) is 29.8 Å². The van der Waals surface area contributed by atoms with Gasteiger partial charge in [0.15, 0.2) is 11.6 Å². The molecule has 18 heavy (non-hydrogen) atoms. The lowest BCUT2D eigenvalue weighted by Crippen LogP contribution is -2.32. The largest absolute Gasteiger partial charge is 0.465 e. The zero-order valence-corrected chi connectivity index (χ0v) is 10.8. The van der Waals surface area contributed by atoms with Crippen molar-refractivity contribution in [1.82, 2.24) is 0 Å². The Morgan fingerprint density at radius 2 is 2.17 bits per heavy atom. The number of thioether (sulfide) groups is 1. The molecule has 0 aliphatic heterocycles. The van der Waals surface area contributed by atoms with E-state index in [4.69, 9.17) is 10.5 Å². The molecule has 1 unspecified atom stereocenters. The number of carbonyl (C=O) groups is 1. The summed E-state index contributed by atoms with van der Waals surface area (Å²) >= 11 is 1.31. The van der Waals surface area contributed by atoms with Crippen LogP contribution >= 0.6 is 11.8 Å². The topological polar surface area (TPSA) is 52.3 Å². The SMILES string of the molecule is CCOC(=O)C(N)CCSc1ccc(F)c(F)c1. The Bertz CT molecular complexity index is 415. The number of hydrogen-bond donors (Lipinski definition) is 1. The Kier molecular flexibility index (Phi) is 6.07. The van der Waals surface area contributed by atoms with Gasteiger partial charge in [0.05, 0.1) is 6.61 Å². The molecule has 0 fully saturated rings. The molecule has 6 heteroatoms. The Morgan fingerprint density at radius 1 is 1.44 bits per heavy atom. The predicted octanol–water partition coefficient (Wildman–Crippen LogP) is 2.34. The highest BCUT2D eigenvalue weighted by Gasteiger charge is 2.14. The number of ether oxygens (including phenoxy) is 1. The van der Waals surface area contributed by atoms with Crippen LogP contribution in [0, 0.1) is 11.6 Å². The van der Waals surface area contributed by atoms with Gasteiger partial charge in [-0.25, -0.2) is 8.78 Å². The summed E-state index contributed by atoms with van der Waals surface area (Å²) in [6, 6.07) is 3.00. The quantitative estimate of drug-likeness (QED) is 0.639. The normalized spacial score (nSPS) is 12.2. The molecule has 0 amide bonds. The van der Waals surface area contributed by atoms with Crippen LogP contribution in [0.3, 0.4) is 0 Å². The second kappa shape index (κ2) is 7.33. The van der Waals surface area contributed by atoms with E-state index in [0.29, 0.717) is 23.7 Å². The van der Waals surface area contributed by atoms with E-state index < -0.39 is 23.6 Å². The molecule has 0 aliphatic rings. The average molecular weight is 275 g/mol. The van der Waals surface area contributed by atoms with Crippen LogP contribution in [0.4, 0.5) is 8.78 Å². The fraction of sp³-hybridized carbons (Fsp3) is 0.417. The maximum absolute atomic E-state index is 12.9. The fourth-order valence-electron chi connectivity index (χ4n) is 1.24. The van der Waals surface area contributed by atoms with Crippen LogP contribution < -0.4 is 5.73 Å². The van der Waals surface area contributed by atoms with Gasteiger partial charge in [-0.1, -0.05) is 0 Å². The van der Waals surface area contributed by atoms with Crippen molar-refractivity contribution < 1.29 is 18.3 Å². The van der Waals surface area contributed by atoms with E-state index in [1.165, 1.54) is 17.8 Å². The minimum Gasteiger partial charge on any atom is -0.465 e. The van der Waals surface area contributed by atoms with Crippen LogP contribution in [-0.2, 0) is 9.53 Å². The molecule has 3 nitrogen and oxygen atoms in total. The van der Waals surface area contributed by atoms with Crippen LogP contribution in [0.1, 0.15) is 13.3 Å². The highest BCUT2D eigenvalue weighted by atomic mass is 32.2. The summed E-state index contributed by atoms with van der Waals surface area (Å²) in [6.45, 7) is 2.00. The summed E-state index contributed by atoms with van der Waals surface area (Å²) in [5.74, 6) is -1.66. The molecule has 1 aromatic carbocycles. The monoisotopic (exact) mass is 275 g/mol. The standard InChI is InChI=1S/C12H15F2NO2S/c1-2-17-12(16)11(15)5-6-18-8-3-4-9(13)10(14)7-8/h3-4,7,11H,2,5-6,15H2,1H3. The van der Waals surface area contributed by atoms with E-state index in [0.717, 1.165) is 12.1 Å². The van der Waals surface area contributed by atoms with Gasteiger partial charge < -0.3 is 10.5 Å². The fourth-order valence-corrected chi connectivity index (χ4v) is 2.20. The highest BCUT2D eigenvalue weighted by Crippen LogP contribution is 2.21. The first-order chi connectivity index (χ1) is 8.54. The van der Waals surface area contributed by atoms with Crippen molar-refractivity contribution in [2.75, 3.05) is 12.4 Å². The molecule has 0 radical (unpaired) electrons. The summed E-state index contributed by atoms with van der Waals surface area (Å²) in [5, 5.41) is 0. The van der Waals surface area contributed by atoms with Gasteiger partial charge in [-0.3, -0.25) is 4.79 Å². The van der Waals surface area contributed by atoms with Gasteiger partial charge in [0.2, 0.25) is 0 Å². The first kappa shape index (κ1) is 14.9. The predicted molar refractivity (Wildman–Crippen MR) is 66.3 cm³/mol. The zero-order chi connectivity index (χ0) is 13.5. The number of nitrogens with two attached hydrogens (primary N) is 1.